The largest absolute Gasteiger partial charge is 0.480 e. The number of benzene rings is 2. The third-order valence-corrected chi connectivity index (χ3v) is 6.79. The lowest BCUT2D eigenvalue weighted by Crippen LogP contribution is -2.47. The highest BCUT2D eigenvalue weighted by Gasteiger charge is 2.41. The Morgan fingerprint density at radius 2 is 1.66 bits per heavy atom. The van der Waals surface area contributed by atoms with Crippen molar-refractivity contribution in [3.05, 3.63) is 59.7 Å². The van der Waals surface area contributed by atoms with Gasteiger partial charge in [-0.1, -0.05) is 62.4 Å². The number of aliphatic hydroxyl groups excluding tert-OH is 1. The number of hydrogen-bond acceptors (Lipinski definition) is 5. The number of aliphatic carboxylic acids is 1. The topological polar surface area (TPSA) is 116 Å². The summed E-state index contributed by atoms with van der Waals surface area (Å²) in [4.78, 5) is 38.5. The van der Waals surface area contributed by atoms with Crippen LogP contribution in [0.2, 0.25) is 0 Å². The number of carboxylic acid groups (broad SMARTS) is 1. The maximum Gasteiger partial charge on any atom is 0.407 e. The molecule has 0 radical (unpaired) electrons. The molecule has 1 fully saturated rings. The summed E-state index contributed by atoms with van der Waals surface area (Å²) in [6.07, 6.45) is -1.00. The summed E-state index contributed by atoms with van der Waals surface area (Å²) < 4.78 is 5.57. The van der Waals surface area contributed by atoms with E-state index in [4.69, 9.17) is 4.74 Å². The van der Waals surface area contributed by atoms with Crippen LogP contribution in [0.4, 0.5) is 4.79 Å². The minimum Gasteiger partial charge on any atom is -0.480 e. The first-order valence-electron chi connectivity index (χ1n) is 12.1. The van der Waals surface area contributed by atoms with E-state index < -0.39 is 30.1 Å². The maximum atomic E-state index is 13.2. The molecule has 1 aliphatic heterocycles. The number of likely N-dealkylation sites (tertiary alicyclic amines) is 1. The van der Waals surface area contributed by atoms with Crippen molar-refractivity contribution in [1.82, 2.24) is 10.2 Å². The Balaban J connectivity index is 1.38. The SMILES string of the molecule is CC(C)CC(CNC(=O)OCC1c2ccccc2-c2ccccc21)C(=O)N1CC(O)C[C@H]1C(=O)O. The molecule has 2 aromatic rings. The molecule has 35 heavy (non-hydrogen) atoms. The fourth-order valence-corrected chi connectivity index (χ4v) is 5.22. The van der Waals surface area contributed by atoms with Gasteiger partial charge in [0.25, 0.3) is 0 Å². The smallest absolute Gasteiger partial charge is 0.407 e. The number of nitrogens with zero attached hydrogens (tertiary/aromatic N) is 1. The van der Waals surface area contributed by atoms with Crippen LogP contribution in [0, 0.1) is 11.8 Å². The van der Waals surface area contributed by atoms with Crippen molar-refractivity contribution >= 4 is 18.0 Å². The van der Waals surface area contributed by atoms with Crippen LogP contribution in [0.15, 0.2) is 48.5 Å². The number of carbonyl (C=O) groups is 3. The predicted molar refractivity (Wildman–Crippen MR) is 130 cm³/mol. The number of nitrogens with one attached hydrogen (secondary N) is 1. The molecular weight excluding hydrogens is 448 g/mol. The standard InChI is InChI=1S/C27H32N2O6/c1-16(2)11-17(25(31)29-14-18(30)12-24(29)26(32)33)13-28-27(34)35-15-23-21-9-5-3-7-19(21)20-8-4-6-10-22(20)23/h3-10,16-18,23-24,30H,11-15H2,1-2H3,(H,28,34)(H,32,33)/t17?,18?,24-/m0/s1. The first-order chi connectivity index (χ1) is 16.8. The Kier molecular flexibility index (Phi) is 7.40. The van der Waals surface area contributed by atoms with Crippen LogP contribution in [-0.2, 0) is 14.3 Å². The molecule has 8 heteroatoms. The number of rotatable bonds is 8. The van der Waals surface area contributed by atoms with Crippen molar-refractivity contribution in [2.24, 2.45) is 11.8 Å². The van der Waals surface area contributed by atoms with Crippen LogP contribution in [0.25, 0.3) is 11.1 Å². The van der Waals surface area contributed by atoms with Gasteiger partial charge in [-0.25, -0.2) is 9.59 Å². The van der Waals surface area contributed by atoms with Gasteiger partial charge in [0.15, 0.2) is 0 Å². The maximum absolute atomic E-state index is 13.2. The van der Waals surface area contributed by atoms with Gasteiger partial charge in [-0.3, -0.25) is 4.79 Å². The summed E-state index contributed by atoms with van der Waals surface area (Å²) >= 11 is 0. The van der Waals surface area contributed by atoms with Gasteiger partial charge in [-0.15, -0.1) is 0 Å². The van der Waals surface area contributed by atoms with Gasteiger partial charge in [-0.2, -0.15) is 0 Å². The Bertz CT molecular complexity index is 1060. The molecule has 2 aromatic carbocycles. The summed E-state index contributed by atoms with van der Waals surface area (Å²) in [6, 6.07) is 15.1. The quantitative estimate of drug-likeness (QED) is 0.534. The lowest BCUT2D eigenvalue weighted by Gasteiger charge is -2.27. The zero-order valence-electron chi connectivity index (χ0n) is 20.0. The van der Waals surface area contributed by atoms with Crippen molar-refractivity contribution in [3.63, 3.8) is 0 Å². The van der Waals surface area contributed by atoms with E-state index in [1.165, 1.54) is 4.90 Å². The molecule has 0 aromatic heterocycles. The van der Waals surface area contributed by atoms with Gasteiger partial charge < -0.3 is 25.2 Å². The first kappa shape index (κ1) is 24.7. The second-order valence-electron chi connectivity index (χ2n) is 9.77. The van der Waals surface area contributed by atoms with E-state index in [2.05, 4.69) is 17.4 Å². The predicted octanol–water partition coefficient (Wildman–Crippen LogP) is 3.23. The highest BCUT2D eigenvalue weighted by Crippen LogP contribution is 2.44. The van der Waals surface area contributed by atoms with Crippen molar-refractivity contribution in [2.75, 3.05) is 19.7 Å². The number of alkyl carbamates (subject to hydrolysis) is 1. The minimum absolute atomic E-state index is 0.00921. The summed E-state index contributed by atoms with van der Waals surface area (Å²) in [5.74, 6) is -2.03. The van der Waals surface area contributed by atoms with Gasteiger partial charge in [0.2, 0.25) is 5.91 Å². The summed E-state index contributed by atoms with van der Waals surface area (Å²) in [7, 11) is 0. The molecule has 2 aliphatic rings. The normalized spacial score (nSPS) is 19.8. The fourth-order valence-electron chi connectivity index (χ4n) is 5.22. The number of carboxylic acids is 1. The Morgan fingerprint density at radius 3 is 2.23 bits per heavy atom. The molecule has 2 unspecified atom stereocenters. The number of aliphatic hydroxyl groups is 1. The van der Waals surface area contributed by atoms with Gasteiger partial charge in [0.05, 0.1) is 12.0 Å². The van der Waals surface area contributed by atoms with E-state index in [1.807, 2.05) is 50.2 Å². The molecule has 186 valence electrons. The van der Waals surface area contributed by atoms with E-state index in [1.54, 1.807) is 0 Å². The number of amides is 2. The van der Waals surface area contributed by atoms with Gasteiger partial charge in [0, 0.05) is 25.4 Å². The lowest BCUT2D eigenvalue weighted by atomic mass is 9.95. The van der Waals surface area contributed by atoms with Crippen molar-refractivity contribution in [1.29, 1.82) is 0 Å². The molecule has 1 heterocycles. The molecule has 1 aliphatic carbocycles. The highest BCUT2D eigenvalue weighted by molar-refractivity contribution is 5.86. The summed E-state index contributed by atoms with van der Waals surface area (Å²) in [5.41, 5.74) is 4.50. The average Bonchev–Trinajstić information content (AvgIpc) is 3.38. The van der Waals surface area contributed by atoms with Crippen molar-refractivity contribution in [2.45, 2.75) is 44.8 Å². The van der Waals surface area contributed by atoms with Crippen molar-refractivity contribution in [3.8, 4) is 11.1 Å². The second kappa shape index (κ2) is 10.5. The van der Waals surface area contributed by atoms with E-state index in [-0.39, 0.29) is 43.9 Å². The number of β-amino-alcohol motifs (C(OH)–C–C–N with tert-alkyl or cyclic N) is 1. The minimum atomic E-state index is -1.14. The fraction of sp³-hybridized carbons (Fsp3) is 0.444. The summed E-state index contributed by atoms with van der Waals surface area (Å²) in [5, 5.41) is 22.1. The van der Waals surface area contributed by atoms with Gasteiger partial charge in [-0.05, 0) is 34.6 Å². The number of hydrogen-bond donors (Lipinski definition) is 3. The molecule has 8 nitrogen and oxygen atoms in total. The number of carbonyl (C=O) groups excluding carboxylic acids is 2. The average molecular weight is 481 g/mol. The molecular formula is C27H32N2O6. The highest BCUT2D eigenvalue weighted by atomic mass is 16.5. The van der Waals surface area contributed by atoms with Crippen LogP contribution in [0.3, 0.4) is 0 Å². The van der Waals surface area contributed by atoms with Crippen molar-refractivity contribution < 1.29 is 29.3 Å². The molecule has 2 amide bonds. The van der Waals surface area contributed by atoms with Crippen LogP contribution >= 0.6 is 0 Å². The zero-order chi connectivity index (χ0) is 25.1. The Morgan fingerprint density at radius 1 is 1.06 bits per heavy atom. The molecule has 0 spiro atoms. The lowest BCUT2D eigenvalue weighted by molar-refractivity contribution is -0.150. The van der Waals surface area contributed by atoms with E-state index in [0.29, 0.717) is 6.42 Å². The number of fused-ring (bicyclic) bond motifs is 3. The third-order valence-electron chi connectivity index (χ3n) is 6.79. The number of ether oxygens (including phenoxy) is 1. The molecule has 4 rings (SSSR count). The van der Waals surface area contributed by atoms with Crippen LogP contribution in [0.1, 0.15) is 43.7 Å². The van der Waals surface area contributed by atoms with E-state index in [0.717, 1.165) is 22.3 Å². The van der Waals surface area contributed by atoms with Crippen LogP contribution in [-0.4, -0.2) is 64.9 Å². The molecule has 0 bridgehead atoms. The molecule has 3 N–H and O–H groups in total. The van der Waals surface area contributed by atoms with Crippen LogP contribution < -0.4 is 5.32 Å². The first-order valence-corrected chi connectivity index (χ1v) is 12.1. The monoisotopic (exact) mass is 480 g/mol. The Labute approximate surface area is 204 Å². The molecule has 0 saturated carbocycles. The second-order valence-corrected chi connectivity index (χ2v) is 9.77. The van der Waals surface area contributed by atoms with Crippen LogP contribution in [0.5, 0.6) is 0 Å². The van der Waals surface area contributed by atoms with E-state index in [9.17, 15) is 24.6 Å². The van der Waals surface area contributed by atoms with Gasteiger partial charge >= 0.3 is 12.1 Å². The summed E-state index contributed by atoms with van der Waals surface area (Å²) in [6.45, 7) is 4.10. The van der Waals surface area contributed by atoms with E-state index >= 15 is 0 Å². The third kappa shape index (κ3) is 5.32. The zero-order valence-corrected chi connectivity index (χ0v) is 20.0. The molecule has 1 saturated heterocycles. The van der Waals surface area contributed by atoms with Gasteiger partial charge in [0.1, 0.15) is 12.6 Å². The molecule has 3 atom stereocenters. The Hall–Kier alpha value is -3.39.